The number of likely N-dealkylation sites (N-methyl/N-ethyl adjacent to an activating group) is 1. The van der Waals surface area contributed by atoms with Crippen molar-refractivity contribution in [3.63, 3.8) is 0 Å². The average Bonchev–Trinajstić information content (AvgIpc) is 2.48. The van der Waals surface area contributed by atoms with Gasteiger partial charge < -0.3 is 14.7 Å². The number of rotatable bonds is 4. The summed E-state index contributed by atoms with van der Waals surface area (Å²) in [7, 11) is 3.86. The molecule has 0 saturated carbocycles. The summed E-state index contributed by atoms with van der Waals surface area (Å²) in [6.07, 6.45) is 2.22. The van der Waals surface area contributed by atoms with Gasteiger partial charge in [-0.25, -0.2) is 0 Å². The lowest BCUT2D eigenvalue weighted by Gasteiger charge is -2.39. The van der Waals surface area contributed by atoms with Crippen LogP contribution in [-0.2, 0) is 9.59 Å². The van der Waals surface area contributed by atoms with E-state index in [9.17, 15) is 9.59 Å². The summed E-state index contributed by atoms with van der Waals surface area (Å²) in [5.74, 6) is 1.13. The van der Waals surface area contributed by atoms with Gasteiger partial charge >= 0.3 is 0 Å². The van der Waals surface area contributed by atoms with Crippen molar-refractivity contribution in [1.82, 2.24) is 19.6 Å². The molecular weight excluding hydrogens is 280 g/mol. The molecule has 2 amide bonds. The molecule has 6 nitrogen and oxygen atoms in total. The van der Waals surface area contributed by atoms with E-state index >= 15 is 0 Å². The molecule has 126 valence electrons. The highest BCUT2D eigenvalue weighted by Gasteiger charge is 2.26. The number of piperazine rings is 1. The maximum Gasteiger partial charge on any atom is 0.236 e. The maximum atomic E-state index is 12.0. The number of carbonyl (C=O) groups excluding carboxylic acids is 2. The number of carbonyl (C=O) groups is 2. The second-order valence-electron chi connectivity index (χ2n) is 6.87. The van der Waals surface area contributed by atoms with Gasteiger partial charge in [0.15, 0.2) is 0 Å². The van der Waals surface area contributed by atoms with E-state index in [0.717, 1.165) is 58.7 Å². The molecule has 0 aliphatic carbocycles. The second-order valence-corrected chi connectivity index (χ2v) is 6.87. The van der Waals surface area contributed by atoms with Crippen LogP contribution in [0.2, 0.25) is 0 Å². The van der Waals surface area contributed by atoms with Crippen molar-refractivity contribution in [3.8, 4) is 0 Å². The summed E-state index contributed by atoms with van der Waals surface area (Å²) in [5, 5.41) is 0. The first kappa shape index (κ1) is 17.2. The number of hydrogen-bond donors (Lipinski definition) is 0. The van der Waals surface area contributed by atoms with Crippen molar-refractivity contribution in [2.75, 3.05) is 66.5 Å². The first-order valence-electron chi connectivity index (χ1n) is 8.36. The summed E-state index contributed by atoms with van der Waals surface area (Å²) in [4.78, 5) is 31.7. The molecule has 0 unspecified atom stereocenters. The van der Waals surface area contributed by atoms with Gasteiger partial charge in [-0.3, -0.25) is 14.5 Å². The lowest BCUT2D eigenvalue weighted by atomic mass is 9.96. The average molecular weight is 310 g/mol. The molecule has 0 bridgehead atoms. The zero-order valence-electron chi connectivity index (χ0n) is 14.3. The van der Waals surface area contributed by atoms with E-state index in [0.29, 0.717) is 12.5 Å². The number of nitrogens with zero attached hydrogens (tertiary/aromatic N) is 4. The van der Waals surface area contributed by atoms with Gasteiger partial charge in [0.1, 0.15) is 0 Å². The molecule has 2 fully saturated rings. The van der Waals surface area contributed by atoms with Gasteiger partial charge in [-0.1, -0.05) is 0 Å². The Kier molecular flexibility index (Phi) is 6.20. The van der Waals surface area contributed by atoms with Crippen LogP contribution in [-0.4, -0.2) is 97.9 Å². The zero-order valence-corrected chi connectivity index (χ0v) is 14.3. The van der Waals surface area contributed by atoms with Gasteiger partial charge in [-0.2, -0.15) is 0 Å². The smallest absolute Gasteiger partial charge is 0.236 e. The van der Waals surface area contributed by atoms with Crippen LogP contribution in [0.15, 0.2) is 0 Å². The van der Waals surface area contributed by atoms with Crippen LogP contribution in [0.1, 0.15) is 19.8 Å². The van der Waals surface area contributed by atoms with Crippen LogP contribution in [0, 0.1) is 5.92 Å². The van der Waals surface area contributed by atoms with E-state index in [1.54, 1.807) is 6.92 Å². The van der Waals surface area contributed by atoms with Gasteiger partial charge in [-0.05, 0) is 32.9 Å². The minimum Gasteiger partial charge on any atom is -0.343 e. The Morgan fingerprint density at radius 3 is 2.05 bits per heavy atom. The van der Waals surface area contributed by atoms with Gasteiger partial charge in [0, 0.05) is 52.7 Å². The summed E-state index contributed by atoms with van der Waals surface area (Å²) in [6, 6.07) is 0. The molecule has 0 spiro atoms. The largest absolute Gasteiger partial charge is 0.343 e. The molecule has 2 saturated heterocycles. The quantitative estimate of drug-likeness (QED) is 0.730. The summed E-state index contributed by atoms with van der Waals surface area (Å²) in [6.45, 7) is 8.73. The van der Waals surface area contributed by atoms with Crippen molar-refractivity contribution >= 4 is 11.8 Å². The highest BCUT2D eigenvalue weighted by molar-refractivity contribution is 5.78. The van der Waals surface area contributed by atoms with Crippen LogP contribution in [0.3, 0.4) is 0 Å². The van der Waals surface area contributed by atoms with E-state index in [-0.39, 0.29) is 11.8 Å². The van der Waals surface area contributed by atoms with E-state index in [2.05, 4.69) is 4.90 Å². The zero-order chi connectivity index (χ0) is 16.1. The van der Waals surface area contributed by atoms with Gasteiger partial charge in [0.2, 0.25) is 11.8 Å². The molecule has 0 radical (unpaired) electrons. The topological polar surface area (TPSA) is 47.1 Å². The Morgan fingerprint density at radius 1 is 0.955 bits per heavy atom. The normalized spacial score (nSPS) is 21.5. The highest BCUT2D eigenvalue weighted by Crippen LogP contribution is 2.19. The van der Waals surface area contributed by atoms with Crippen LogP contribution in [0.4, 0.5) is 0 Å². The lowest BCUT2D eigenvalue weighted by Crippen LogP contribution is -2.52. The van der Waals surface area contributed by atoms with Crippen molar-refractivity contribution in [2.45, 2.75) is 19.8 Å². The molecule has 2 heterocycles. The van der Waals surface area contributed by atoms with Crippen molar-refractivity contribution in [2.24, 2.45) is 5.92 Å². The molecule has 0 atom stereocenters. The van der Waals surface area contributed by atoms with E-state index in [4.69, 9.17) is 0 Å². The first-order valence-corrected chi connectivity index (χ1v) is 8.36. The number of amides is 2. The third-order valence-corrected chi connectivity index (χ3v) is 4.75. The van der Waals surface area contributed by atoms with E-state index < -0.39 is 0 Å². The fourth-order valence-electron chi connectivity index (χ4n) is 3.35. The standard InChI is InChI=1S/C16H30N4O2/c1-14(21)19-6-4-15(5-7-19)12-18-8-10-20(11-9-18)16(22)13-17(2)3/h15H,4-13H2,1-3H3. The Hall–Kier alpha value is -1.14. The minimum absolute atomic E-state index is 0.200. The molecule has 0 N–H and O–H groups in total. The summed E-state index contributed by atoms with van der Waals surface area (Å²) >= 11 is 0. The molecule has 2 aliphatic heterocycles. The number of hydrogen-bond acceptors (Lipinski definition) is 4. The molecule has 2 rings (SSSR count). The lowest BCUT2D eigenvalue weighted by molar-refractivity contribution is -0.133. The predicted molar refractivity (Wildman–Crippen MR) is 86.6 cm³/mol. The second kappa shape index (κ2) is 7.92. The Morgan fingerprint density at radius 2 is 1.55 bits per heavy atom. The third-order valence-electron chi connectivity index (χ3n) is 4.75. The Balaban J connectivity index is 1.68. The highest BCUT2D eigenvalue weighted by atomic mass is 16.2. The third kappa shape index (κ3) is 4.95. The van der Waals surface area contributed by atoms with Crippen LogP contribution in [0.25, 0.3) is 0 Å². The van der Waals surface area contributed by atoms with Crippen LogP contribution >= 0.6 is 0 Å². The number of piperidine rings is 1. The summed E-state index contributed by atoms with van der Waals surface area (Å²) in [5.41, 5.74) is 0. The molecular formula is C16H30N4O2. The molecule has 0 aromatic heterocycles. The van der Waals surface area contributed by atoms with Gasteiger partial charge in [0.25, 0.3) is 0 Å². The number of likely N-dealkylation sites (tertiary alicyclic amines) is 1. The van der Waals surface area contributed by atoms with Crippen LogP contribution < -0.4 is 0 Å². The Bertz CT molecular complexity index is 384. The molecule has 0 aromatic carbocycles. The summed E-state index contributed by atoms with van der Waals surface area (Å²) < 4.78 is 0. The van der Waals surface area contributed by atoms with Crippen molar-refractivity contribution in [1.29, 1.82) is 0 Å². The monoisotopic (exact) mass is 310 g/mol. The van der Waals surface area contributed by atoms with Crippen molar-refractivity contribution < 1.29 is 9.59 Å². The molecule has 6 heteroatoms. The van der Waals surface area contributed by atoms with Crippen LogP contribution in [0.5, 0.6) is 0 Å². The maximum absolute atomic E-state index is 12.0. The van der Waals surface area contributed by atoms with Crippen molar-refractivity contribution in [3.05, 3.63) is 0 Å². The molecule has 0 aromatic rings. The molecule has 2 aliphatic rings. The Labute approximate surface area is 134 Å². The SMILES string of the molecule is CC(=O)N1CCC(CN2CCN(C(=O)CN(C)C)CC2)CC1. The predicted octanol–water partition coefficient (Wildman–Crippen LogP) is -0.0493. The van der Waals surface area contributed by atoms with E-state index in [1.165, 1.54) is 0 Å². The molecule has 22 heavy (non-hydrogen) atoms. The fourth-order valence-corrected chi connectivity index (χ4v) is 3.35. The fraction of sp³-hybridized carbons (Fsp3) is 0.875. The van der Waals surface area contributed by atoms with Gasteiger partial charge in [-0.15, -0.1) is 0 Å². The van der Waals surface area contributed by atoms with Gasteiger partial charge in [0.05, 0.1) is 6.54 Å². The first-order chi connectivity index (χ1) is 10.5. The van der Waals surface area contributed by atoms with E-state index in [1.807, 2.05) is 28.8 Å². The minimum atomic E-state index is 0.200.